The van der Waals surface area contributed by atoms with E-state index in [1.807, 2.05) is 0 Å². The van der Waals surface area contributed by atoms with Crippen LogP contribution in [0.15, 0.2) is 18.2 Å². The highest BCUT2D eigenvalue weighted by molar-refractivity contribution is 5.96. The summed E-state index contributed by atoms with van der Waals surface area (Å²) in [4.78, 5) is 11.8. The number of benzene rings is 1. The van der Waals surface area contributed by atoms with Crippen LogP contribution in [0.3, 0.4) is 0 Å². The predicted molar refractivity (Wildman–Crippen MR) is 61.7 cm³/mol. The number of nitrogens with one attached hydrogen (secondary N) is 2. The summed E-state index contributed by atoms with van der Waals surface area (Å²) >= 11 is 0. The van der Waals surface area contributed by atoms with E-state index in [2.05, 4.69) is 15.4 Å². The molecule has 0 aliphatic carbocycles. The summed E-state index contributed by atoms with van der Waals surface area (Å²) in [6.07, 6.45) is 0. The zero-order chi connectivity index (χ0) is 13.8. The van der Waals surface area contributed by atoms with Gasteiger partial charge < -0.3 is 15.4 Å². The number of rotatable bonds is 5. The Morgan fingerprint density at radius 3 is 2.79 bits per heavy atom. The molecule has 7 heteroatoms. The summed E-state index contributed by atoms with van der Waals surface area (Å²) in [5.74, 6) is -1.42. The maximum atomic E-state index is 13.0. The molecule has 4 nitrogen and oxygen atoms in total. The Morgan fingerprint density at radius 1 is 1.47 bits per heavy atom. The van der Waals surface area contributed by atoms with Crippen LogP contribution in [-0.4, -0.2) is 32.2 Å². The zero-order valence-corrected chi connectivity index (χ0v) is 9.96. The average Bonchev–Trinajstić information content (AvgIpc) is 2.25. The van der Waals surface area contributed by atoms with E-state index in [0.29, 0.717) is 12.5 Å². The van der Waals surface area contributed by atoms with Gasteiger partial charge in [-0.2, -0.15) is 8.78 Å². The Kier molecular flexibility index (Phi) is 4.26. The van der Waals surface area contributed by atoms with Crippen LogP contribution >= 0.6 is 0 Å². The topological polar surface area (TPSA) is 50.4 Å². The van der Waals surface area contributed by atoms with Gasteiger partial charge in [-0.1, -0.05) is 0 Å². The monoisotopic (exact) mass is 274 g/mol. The number of hydrogen-bond acceptors (Lipinski definition) is 3. The second-order valence-corrected chi connectivity index (χ2v) is 4.25. The second-order valence-electron chi connectivity index (χ2n) is 4.25. The normalized spacial score (nSPS) is 15.2. The van der Waals surface area contributed by atoms with Gasteiger partial charge in [-0.3, -0.25) is 4.79 Å². The van der Waals surface area contributed by atoms with Crippen molar-refractivity contribution in [2.24, 2.45) is 5.92 Å². The van der Waals surface area contributed by atoms with Gasteiger partial charge in [0.25, 0.3) is 5.91 Å². The van der Waals surface area contributed by atoms with Crippen LogP contribution in [-0.2, 0) is 0 Å². The zero-order valence-electron chi connectivity index (χ0n) is 9.96. The molecule has 1 amide bonds. The summed E-state index contributed by atoms with van der Waals surface area (Å²) in [5.41, 5.74) is -0.103. The van der Waals surface area contributed by atoms with Crippen LogP contribution < -0.4 is 15.4 Å². The number of amides is 1. The fourth-order valence-corrected chi connectivity index (χ4v) is 1.70. The molecule has 1 saturated heterocycles. The highest BCUT2D eigenvalue weighted by Gasteiger charge is 2.20. The first kappa shape index (κ1) is 13.7. The summed E-state index contributed by atoms with van der Waals surface area (Å²) in [6.45, 7) is -1.05. The molecule has 2 N–H and O–H groups in total. The van der Waals surface area contributed by atoms with Crippen molar-refractivity contribution in [3.05, 3.63) is 29.6 Å². The Bertz CT molecular complexity index is 464. The Labute approximate surface area is 107 Å². The maximum Gasteiger partial charge on any atom is 0.387 e. The lowest BCUT2D eigenvalue weighted by Crippen LogP contribution is -2.48. The smallest absolute Gasteiger partial charge is 0.387 e. The number of ether oxygens (including phenoxy) is 1. The van der Waals surface area contributed by atoms with Gasteiger partial charge in [-0.05, 0) is 12.1 Å². The molecular formula is C12H13F3N2O2. The third-order valence-corrected chi connectivity index (χ3v) is 2.82. The van der Waals surface area contributed by atoms with Crippen molar-refractivity contribution in [3.8, 4) is 5.75 Å². The molecule has 2 rings (SSSR count). The SMILES string of the molecule is O=C(NCC1CNC1)c1ccc(F)cc1OC(F)F. The first-order valence-corrected chi connectivity index (χ1v) is 5.79. The quantitative estimate of drug-likeness (QED) is 0.852. The van der Waals surface area contributed by atoms with Crippen LogP contribution in [0.1, 0.15) is 10.4 Å². The van der Waals surface area contributed by atoms with Crippen molar-refractivity contribution in [3.63, 3.8) is 0 Å². The Balaban J connectivity index is 2.05. The van der Waals surface area contributed by atoms with Gasteiger partial charge in [0.2, 0.25) is 0 Å². The fraction of sp³-hybridized carbons (Fsp3) is 0.417. The Hall–Kier alpha value is -1.76. The first-order chi connectivity index (χ1) is 9.06. The molecule has 1 aliphatic rings. The second kappa shape index (κ2) is 5.92. The summed E-state index contributed by atoms with van der Waals surface area (Å²) in [7, 11) is 0. The van der Waals surface area contributed by atoms with Gasteiger partial charge in [0.05, 0.1) is 5.56 Å². The maximum absolute atomic E-state index is 13.0. The summed E-state index contributed by atoms with van der Waals surface area (Å²) in [5, 5.41) is 5.65. The molecule has 0 spiro atoms. The van der Waals surface area contributed by atoms with Crippen LogP contribution in [0, 0.1) is 11.7 Å². The van der Waals surface area contributed by atoms with E-state index in [-0.39, 0.29) is 5.56 Å². The third-order valence-electron chi connectivity index (χ3n) is 2.82. The molecule has 1 aromatic carbocycles. The largest absolute Gasteiger partial charge is 0.434 e. The Morgan fingerprint density at radius 2 is 2.21 bits per heavy atom. The highest BCUT2D eigenvalue weighted by atomic mass is 19.3. The van der Waals surface area contributed by atoms with E-state index in [1.54, 1.807) is 0 Å². The van der Waals surface area contributed by atoms with Crippen LogP contribution in [0.4, 0.5) is 13.2 Å². The standard InChI is InChI=1S/C12H13F3N2O2/c13-8-1-2-9(10(3-8)19-12(14)15)11(18)17-6-7-4-16-5-7/h1-3,7,12,16H,4-6H2,(H,17,18). The third kappa shape index (κ3) is 3.60. The lowest BCUT2D eigenvalue weighted by molar-refractivity contribution is -0.0503. The molecule has 1 aromatic rings. The van der Waals surface area contributed by atoms with Crippen LogP contribution in [0.25, 0.3) is 0 Å². The molecule has 1 aliphatic heterocycles. The van der Waals surface area contributed by atoms with Crippen molar-refractivity contribution < 1.29 is 22.7 Å². The van der Waals surface area contributed by atoms with Crippen molar-refractivity contribution in [1.82, 2.24) is 10.6 Å². The first-order valence-electron chi connectivity index (χ1n) is 5.79. The van der Waals surface area contributed by atoms with E-state index in [4.69, 9.17) is 0 Å². The lowest BCUT2D eigenvalue weighted by Gasteiger charge is -2.27. The van der Waals surface area contributed by atoms with E-state index < -0.39 is 24.1 Å². The van der Waals surface area contributed by atoms with Crippen molar-refractivity contribution in [2.75, 3.05) is 19.6 Å². The number of halogens is 3. The minimum Gasteiger partial charge on any atom is -0.434 e. The van der Waals surface area contributed by atoms with Crippen molar-refractivity contribution in [1.29, 1.82) is 0 Å². The molecule has 0 unspecified atom stereocenters. The molecule has 1 fully saturated rings. The number of alkyl halides is 2. The predicted octanol–water partition coefficient (Wildman–Crippen LogP) is 1.38. The van der Waals surface area contributed by atoms with Gasteiger partial charge in [-0.15, -0.1) is 0 Å². The fourth-order valence-electron chi connectivity index (χ4n) is 1.70. The number of hydrogen-bond donors (Lipinski definition) is 2. The molecule has 0 atom stereocenters. The molecule has 0 aromatic heterocycles. The van der Waals surface area contributed by atoms with Gasteiger partial charge in [0.1, 0.15) is 11.6 Å². The molecule has 19 heavy (non-hydrogen) atoms. The van der Waals surface area contributed by atoms with Gasteiger partial charge in [0, 0.05) is 31.6 Å². The molecule has 0 saturated carbocycles. The molecule has 104 valence electrons. The minimum atomic E-state index is -3.11. The molecule has 0 radical (unpaired) electrons. The van der Waals surface area contributed by atoms with Gasteiger partial charge >= 0.3 is 6.61 Å². The minimum absolute atomic E-state index is 0.103. The van der Waals surface area contributed by atoms with Crippen LogP contribution in [0.2, 0.25) is 0 Å². The number of carbonyl (C=O) groups is 1. The van der Waals surface area contributed by atoms with Crippen molar-refractivity contribution in [2.45, 2.75) is 6.61 Å². The van der Waals surface area contributed by atoms with Gasteiger partial charge in [0.15, 0.2) is 0 Å². The van der Waals surface area contributed by atoms with Crippen molar-refractivity contribution >= 4 is 5.91 Å². The van der Waals surface area contributed by atoms with E-state index in [1.165, 1.54) is 0 Å². The van der Waals surface area contributed by atoms with E-state index in [9.17, 15) is 18.0 Å². The number of carbonyl (C=O) groups excluding carboxylic acids is 1. The van der Waals surface area contributed by atoms with Crippen LogP contribution in [0.5, 0.6) is 5.75 Å². The lowest BCUT2D eigenvalue weighted by atomic mass is 10.0. The molecular weight excluding hydrogens is 261 g/mol. The molecule has 0 bridgehead atoms. The van der Waals surface area contributed by atoms with E-state index >= 15 is 0 Å². The molecule has 1 heterocycles. The highest BCUT2D eigenvalue weighted by Crippen LogP contribution is 2.22. The van der Waals surface area contributed by atoms with E-state index in [0.717, 1.165) is 31.3 Å². The van der Waals surface area contributed by atoms with Gasteiger partial charge in [-0.25, -0.2) is 4.39 Å². The summed E-state index contributed by atoms with van der Waals surface area (Å²) in [6, 6.07) is 2.92. The average molecular weight is 274 g/mol. The summed E-state index contributed by atoms with van der Waals surface area (Å²) < 4.78 is 41.5.